The number of para-hydroxylation sites is 1. The van der Waals surface area contributed by atoms with Crippen LogP contribution in [0.4, 0.5) is 0 Å². The van der Waals surface area contributed by atoms with Gasteiger partial charge in [0.1, 0.15) is 0 Å². The summed E-state index contributed by atoms with van der Waals surface area (Å²) in [6, 6.07) is 16.0. The van der Waals surface area contributed by atoms with Crippen molar-refractivity contribution in [1.29, 1.82) is 0 Å². The molecule has 4 heterocycles. The molecular formula is C23H18N2O3S. The van der Waals surface area contributed by atoms with Gasteiger partial charge in [-0.2, -0.15) is 11.3 Å². The second kappa shape index (κ2) is 6.39. The third-order valence-corrected chi connectivity index (χ3v) is 6.46. The van der Waals surface area contributed by atoms with Crippen LogP contribution in [0, 0.1) is 0 Å². The van der Waals surface area contributed by atoms with Gasteiger partial charge in [0, 0.05) is 28.5 Å². The quantitative estimate of drug-likeness (QED) is 0.527. The van der Waals surface area contributed by atoms with Crippen molar-refractivity contribution in [3.8, 4) is 11.5 Å². The number of hydrogen-bond acceptors (Lipinski definition) is 4. The third kappa shape index (κ3) is 2.56. The van der Waals surface area contributed by atoms with Gasteiger partial charge in [0.15, 0.2) is 11.5 Å². The summed E-state index contributed by atoms with van der Waals surface area (Å²) >= 11 is 1.54. The van der Waals surface area contributed by atoms with E-state index in [-0.39, 0.29) is 18.7 Å². The van der Waals surface area contributed by atoms with Crippen LogP contribution in [0.15, 0.2) is 59.3 Å². The number of rotatable bonds is 2. The summed E-state index contributed by atoms with van der Waals surface area (Å²) in [4.78, 5) is 18.9. The number of nitrogens with zero attached hydrogens (tertiary/aromatic N) is 1. The Morgan fingerprint density at radius 2 is 2.00 bits per heavy atom. The molecule has 2 aromatic heterocycles. The Hall–Kier alpha value is -3.25. The van der Waals surface area contributed by atoms with Gasteiger partial charge in [-0.15, -0.1) is 0 Å². The topological polar surface area (TPSA) is 54.6 Å². The van der Waals surface area contributed by atoms with Crippen molar-refractivity contribution >= 4 is 28.1 Å². The van der Waals surface area contributed by atoms with Crippen molar-refractivity contribution < 1.29 is 14.3 Å². The zero-order valence-electron chi connectivity index (χ0n) is 15.6. The van der Waals surface area contributed by atoms with Crippen molar-refractivity contribution in [1.82, 2.24) is 9.88 Å². The molecular weight excluding hydrogens is 384 g/mol. The van der Waals surface area contributed by atoms with E-state index in [0.717, 1.165) is 40.3 Å². The summed E-state index contributed by atoms with van der Waals surface area (Å²) in [5, 5.41) is 5.09. The fourth-order valence-electron chi connectivity index (χ4n) is 4.44. The first-order valence-electron chi connectivity index (χ1n) is 9.62. The molecule has 1 atom stereocenters. The maximum atomic E-state index is 13.4. The summed E-state index contributed by atoms with van der Waals surface area (Å²) in [7, 11) is 0. The van der Waals surface area contributed by atoms with E-state index in [9.17, 15) is 4.79 Å². The minimum absolute atomic E-state index is 0.0539. The molecule has 1 amide bonds. The number of hydrogen-bond donors (Lipinski definition) is 1. The molecule has 2 aliphatic rings. The molecule has 0 bridgehead atoms. The van der Waals surface area contributed by atoms with E-state index in [4.69, 9.17) is 9.47 Å². The number of benzene rings is 2. The van der Waals surface area contributed by atoms with E-state index in [0.29, 0.717) is 6.54 Å². The Kier molecular flexibility index (Phi) is 3.67. The molecule has 2 aliphatic heterocycles. The zero-order valence-corrected chi connectivity index (χ0v) is 16.4. The minimum Gasteiger partial charge on any atom is -0.454 e. The van der Waals surface area contributed by atoms with Crippen LogP contribution >= 0.6 is 11.3 Å². The second-order valence-electron chi connectivity index (χ2n) is 7.34. The third-order valence-electron chi connectivity index (χ3n) is 5.78. The highest BCUT2D eigenvalue weighted by molar-refractivity contribution is 7.08. The molecule has 0 saturated carbocycles. The molecule has 6 heteroatoms. The highest BCUT2D eigenvalue weighted by atomic mass is 32.1. The van der Waals surface area contributed by atoms with Crippen molar-refractivity contribution in [2.24, 2.45) is 0 Å². The van der Waals surface area contributed by atoms with Crippen LogP contribution < -0.4 is 9.47 Å². The number of ether oxygens (including phenoxy) is 2. The summed E-state index contributed by atoms with van der Waals surface area (Å²) in [6.45, 7) is 0.904. The summed E-state index contributed by atoms with van der Waals surface area (Å²) in [5.41, 5.74) is 5.23. The minimum atomic E-state index is -0.201. The Labute approximate surface area is 171 Å². The monoisotopic (exact) mass is 402 g/mol. The number of aromatic amines is 1. The molecule has 1 unspecified atom stereocenters. The van der Waals surface area contributed by atoms with Crippen LogP contribution in [0.2, 0.25) is 0 Å². The van der Waals surface area contributed by atoms with Crippen molar-refractivity contribution in [2.45, 2.75) is 12.5 Å². The van der Waals surface area contributed by atoms with E-state index in [1.54, 1.807) is 11.3 Å². The first kappa shape index (κ1) is 16.7. The number of aromatic nitrogens is 1. The van der Waals surface area contributed by atoms with Gasteiger partial charge in [-0.25, -0.2) is 0 Å². The molecule has 0 saturated heterocycles. The van der Waals surface area contributed by atoms with E-state index in [1.165, 1.54) is 10.9 Å². The first-order chi connectivity index (χ1) is 14.3. The lowest BCUT2D eigenvalue weighted by Crippen LogP contribution is -2.40. The normalized spacial score (nSPS) is 17.5. The van der Waals surface area contributed by atoms with Gasteiger partial charge in [0.05, 0.1) is 11.6 Å². The van der Waals surface area contributed by atoms with Gasteiger partial charge in [-0.1, -0.05) is 24.3 Å². The highest BCUT2D eigenvalue weighted by Gasteiger charge is 2.35. The van der Waals surface area contributed by atoms with Crippen LogP contribution in [-0.2, 0) is 6.42 Å². The molecule has 144 valence electrons. The first-order valence-corrected chi connectivity index (χ1v) is 10.6. The average molecular weight is 402 g/mol. The van der Waals surface area contributed by atoms with Crippen LogP contribution in [0.3, 0.4) is 0 Å². The fourth-order valence-corrected chi connectivity index (χ4v) is 5.07. The summed E-state index contributed by atoms with van der Waals surface area (Å²) in [5.74, 6) is 1.53. The lowest BCUT2D eigenvalue weighted by molar-refractivity contribution is 0.0692. The smallest absolute Gasteiger partial charge is 0.255 e. The Balaban J connectivity index is 1.53. The Bertz CT molecular complexity index is 1230. The second-order valence-corrected chi connectivity index (χ2v) is 8.12. The molecule has 0 spiro atoms. The predicted octanol–water partition coefficient (Wildman–Crippen LogP) is 4.75. The lowest BCUT2D eigenvalue weighted by atomic mass is 9.91. The van der Waals surface area contributed by atoms with Crippen LogP contribution in [0.1, 0.15) is 33.2 Å². The molecule has 2 aromatic carbocycles. The Morgan fingerprint density at radius 1 is 1.10 bits per heavy atom. The van der Waals surface area contributed by atoms with E-state index >= 15 is 0 Å². The van der Waals surface area contributed by atoms with Crippen LogP contribution in [0.5, 0.6) is 11.5 Å². The van der Waals surface area contributed by atoms with Gasteiger partial charge in [-0.3, -0.25) is 4.79 Å². The fraction of sp³-hybridized carbons (Fsp3) is 0.174. The average Bonchev–Trinajstić information content (AvgIpc) is 3.51. The highest BCUT2D eigenvalue weighted by Crippen LogP contribution is 2.42. The van der Waals surface area contributed by atoms with E-state index in [2.05, 4.69) is 23.2 Å². The maximum absolute atomic E-state index is 13.4. The number of carbonyl (C=O) groups is 1. The zero-order chi connectivity index (χ0) is 19.4. The molecule has 0 fully saturated rings. The van der Waals surface area contributed by atoms with Crippen molar-refractivity contribution in [3.05, 3.63) is 81.7 Å². The summed E-state index contributed by atoms with van der Waals surface area (Å²) in [6.07, 6.45) is 0.830. The van der Waals surface area contributed by atoms with Gasteiger partial charge < -0.3 is 19.4 Å². The van der Waals surface area contributed by atoms with Gasteiger partial charge in [0.25, 0.3) is 5.91 Å². The molecule has 5 nitrogen and oxygen atoms in total. The number of nitrogens with one attached hydrogen (secondary N) is 1. The molecule has 0 aliphatic carbocycles. The number of fused-ring (bicyclic) bond motifs is 4. The number of thiophene rings is 1. The number of amides is 1. The predicted molar refractivity (Wildman–Crippen MR) is 112 cm³/mol. The van der Waals surface area contributed by atoms with Gasteiger partial charge in [-0.05, 0) is 47.2 Å². The molecule has 4 aromatic rings. The van der Waals surface area contributed by atoms with Crippen molar-refractivity contribution in [3.63, 3.8) is 0 Å². The van der Waals surface area contributed by atoms with Crippen LogP contribution in [-0.4, -0.2) is 29.1 Å². The summed E-state index contributed by atoms with van der Waals surface area (Å²) < 4.78 is 11.1. The van der Waals surface area contributed by atoms with Gasteiger partial charge in [0.2, 0.25) is 6.79 Å². The largest absolute Gasteiger partial charge is 0.454 e. The van der Waals surface area contributed by atoms with E-state index in [1.807, 2.05) is 46.0 Å². The number of H-pyrrole nitrogens is 1. The Morgan fingerprint density at radius 3 is 2.90 bits per heavy atom. The molecule has 1 N–H and O–H groups in total. The van der Waals surface area contributed by atoms with E-state index < -0.39 is 0 Å². The lowest BCUT2D eigenvalue weighted by Gasteiger charge is -2.36. The van der Waals surface area contributed by atoms with Crippen molar-refractivity contribution in [2.75, 3.05) is 13.3 Å². The standard InChI is InChI=1S/C23H18N2O3S/c26-23(15-8-10-29-12-15)25-9-7-17-16-3-1-2-4-18(16)24-21(17)22(25)14-5-6-19-20(11-14)28-13-27-19/h1-6,8,10-12,22,24H,7,9,13H2. The van der Waals surface area contributed by atoms with Gasteiger partial charge >= 0.3 is 0 Å². The number of carbonyl (C=O) groups excluding carboxylic acids is 1. The molecule has 29 heavy (non-hydrogen) atoms. The molecule has 6 rings (SSSR count). The van der Waals surface area contributed by atoms with Crippen LogP contribution in [0.25, 0.3) is 10.9 Å². The SMILES string of the molecule is O=C(c1ccsc1)N1CCc2c([nH]c3ccccc23)C1c1ccc2c(c1)OCO2. The molecule has 0 radical (unpaired) electrons. The maximum Gasteiger partial charge on any atom is 0.255 e.